The summed E-state index contributed by atoms with van der Waals surface area (Å²) in [5.74, 6) is -0.516. The molecule has 1 aliphatic carbocycles. The Morgan fingerprint density at radius 2 is 1.88 bits per heavy atom. The predicted octanol–water partition coefficient (Wildman–Crippen LogP) is 3.55. The molecule has 0 saturated heterocycles. The largest absolute Gasteiger partial charge is 0.456 e. The first-order chi connectivity index (χ1) is 15.8. The average molecular weight is 484 g/mol. The maximum atomic E-state index is 12.7. The number of aromatic nitrogens is 2. The Balaban J connectivity index is 1.61. The number of carbonyl (C=O) groups excluding carboxylic acids is 1. The molecular formula is C25H29N3O5S. The number of rotatable bonds is 5. The summed E-state index contributed by atoms with van der Waals surface area (Å²) in [4.78, 5) is 34.1. The molecule has 1 atom stereocenters. The van der Waals surface area contributed by atoms with Crippen LogP contribution in [0.2, 0.25) is 0 Å². The van der Waals surface area contributed by atoms with Crippen molar-refractivity contribution in [1.29, 1.82) is 0 Å². The van der Waals surface area contributed by atoms with Gasteiger partial charge in [0.05, 0.1) is 22.5 Å². The van der Waals surface area contributed by atoms with Gasteiger partial charge in [0.1, 0.15) is 17.2 Å². The molecular weight excluding hydrogens is 454 g/mol. The number of carbonyl (C=O) groups is 1. The lowest BCUT2D eigenvalue weighted by Crippen LogP contribution is -2.24. The number of anilines is 1. The minimum Gasteiger partial charge on any atom is -0.456 e. The second-order valence-electron chi connectivity index (χ2n) is 9.87. The third-order valence-corrected chi connectivity index (χ3v) is 6.63. The highest BCUT2D eigenvalue weighted by atomic mass is 32.2. The predicted molar refractivity (Wildman–Crippen MR) is 132 cm³/mol. The molecule has 0 bridgehead atoms. The van der Waals surface area contributed by atoms with Gasteiger partial charge in [0.2, 0.25) is 0 Å². The van der Waals surface area contributed by atoms with Gasteiger partial charge < -0.3 is 14.6 Å². The summed E-state index contributed by atoms with van der Waals surface area (Å²) in [5.41, 5.74) is 3.19. The zero-order valence-corrected chi connectivity index (χ0v) is 20.8. The number of aromatic amines is 1. The first-order valence-corrected chi connectivity index (χ1v) is 13.2. The van der Waals surface area contributed by atoms with Crippen LogP contribution in [0.15, 0.2) is 41.2 Å². The number of hydrogen-bond acceptors (Lipinski definition) is 7. The van der Waals surface area contributed by atoms with E-state index in [9.17, 15) is 18.0 Å². The van der Waals surface area contributed by atoms with Crippen LogP contribution in [0, 0.1) is 0 Å². The van der Waals surface area contributed by atoms with Gasteiger partial charge in [0.25, 0.3) is 5.56 Å². The van der Waals surface area contributed by atoms with E-state index in [0.717, 1.165) is 35.9 Å². The second-order valence-corrected chi connectivity index (χ2v) is 12.0. The van der Waals surface area contributed by atoms with Gasteiger partial charge in [0.15, 0.2) is 9.84 Å². The molecule has 0 saturated carbocycles. The zero-order valence-electron chi connectivity index (χ0n) is 20.0. The van der Waals surface area contributed by atoms with Gasteiger partial charge in [0, 0.05) is 19.0 Å². The molecule has 1 aromatic heterocycles. The number of benzene rings is 2. The molecule has 180 valence electrons. The monoisotopic (exact) mass is 483 g/mol. The fourth-order valence-corrected chi connectivity index (χ4v) is 4.97. The zero-order chi connectivity index (χ0) is 24.8. The van der Waals surface area contributed by atoms with Crippen LogP contribution in [-0.4, -0.2) is 43.3 Å². The molecule has 0 amide bonds. The third kappa shape index (κ3) is 5.14. The second kappa shape index (κ2) is 8.54. The van der Waals surface area contributed by atoms with Crippen molar-refractivity contribution in [2.45, 2.75) is 51.0 Å². The maximum absolute atomic E-state index is 12.7. The minimum atomic E-state index is -3.31. The fraction of sp³-hybridized carbons (Fsp3) is 0.400. The van der Waals surface area contributed by atoms with E-state index in [4.69, 9.17) is 4.74 Å². The standard InChI is InChI=1S/C25H29N3O5S/c1-25(2,3)33-24(30)15-6-9-17(10-7-15)28(4)21-11-8-16-12-20-19(13-18(16)21)23(29)27-22(26-20)14-34(5,31)32/h6-7,9-10,12-13,21H,8,11,14H2,1-5H3,(H,26,27,29). The van der Waals surface area contributed by atoms with Crippen LogP contribution in [0.25, 0.3) is 10.9 Å². The van der Waals surface area contributed by atoms with Crippen molar-refractivity contribution in [3.63, 3.8) is 0 Å². The Hall–Kier alpha value is -3.20. The fourth-order valence-electron chi connectivity index (χ4n) is 4.34. The number of nitrogens with one attached hydrogen (secondary N) is 1. The highest BCUT2D eigenvalue weighted by molar-refractivity contribution is 7.89. The van der Waals surface area contributed by atoms with E-state index < -0.39 is 15.4 Å². The van der Waals surface area contributed by atoms with E-state index in [2.05, 4.69) is 14.9 Å². The van der Waals surface area contributed by atoms with Crippen molar-refractivity contribution in [1.82, 2.24) is 9.97 Å². The summed E-state index contributed by atoms with van der Waals surface area (Å²) >= 11 is 0. The summed E-state index contributed by atoms with van der Waals surface area (Å²) in [6.07, 6.45) is 2.80. The Kier molecular flexibility index (Phi) is 6.01. The molecule has 1 N–H and O–H groups in total. The highest BCUT2D eigenvalue weighted by Gasteiger charge is 2.28. The van der Waals surface area contributed by atoms with Gasteiger partial charge in [-0.1, -0.05) is 0 Å². The molecule has 0 radical (unpaired) electrons. The van der Waals surface area contributed by atoms with Gasteiger partial charge in [-0.15, -0.1) is 0 Å². The van der Waals surface area contributed by atoms with Crippen molar-refractivity contribution in [3.8, 4) is 0 Å². The number of hydrogen-bond donors (Lipinski definition) is 1. The molecule has 1 unspecified atom stereocenters. The quantitative estimate of drug-likeness (QED) is 0.553. The molecule has 8 nitrogen and oxygen atoms in total. The number of aryl methyl sites for hydroxylation is 1. The maximum Gasteiger partial charge on any atom is 0.338 e. The Bertz CT molecular complexity index is 1420. The van der Waals surface area contributed by atoms with Gasteiger partial charge in [-0.3, -0.25) is 4.79 Å². The molecule has 0 spiro atoms. The average Bonchev–Trinajstić information content (AvgIpc) is 3.12. The number of nitrogens with zero attached hydrogens (tertiary/aromatic N) is 2. The van der Waals surface area contributed by atoms with Crippen molar-refractivity contribution < 1.29 is 17.9 Å². The van der Waals surface area contributed by atoms with E-state index in [-0.39, 0.29) is 29.1 Å². The van der Waals surface area contributed by atoms with Crippen molar-refractivity contribution >= 4 is 32.4 Å². The molecule has 34 heavy (non-hydrogen) atoms. The van der Waals surface area contributed by atoms with Crippen LogP contribution >= 0.6 is 0 Å². The van der Waals surface area contributed by atoms with E-state index in [0.29, 0.717) is 16.5 Å². The molecule has 0 aliphatic heterocycles. The molecule has 1 aliphatic rings. The summed E-state index contributed by atoms with van der Waals surface area (Å²) in [7, 11) is -1.32. The Labute approximate surface area is 198 Å². The van der Waals surface area contributed by atoms with E-state index >= 15 is 0 Å². The Morgan fingerprint density at radius 3 is 2.50 bits per heavy atom. The van der Waals surface area contributed by atoms with E-state index in [1.807, 2.05) is 52.1 Å². The summed E-state index contributed by atoms with van der Waals surface area (Å²) in [6, 6.07) is 11.1. The van der Waals surface area contributed by atoms with Crippen LogP contribution < -0.4 is 10.5 Å². The van der Waals surface area contributed by atoms with Gasteiger partial charge >= 0.3 is 5.97 Å². The van der Waals surface area contributed by atoms with Crippen molar-refractivity contribution in [3.05, 3.63) is 69.3 Å². The highest BCUT2D eigenvalue weighted by Crippen LogP contribution is 2.38. The summed E-state index contributed by atoms with van der Waals surface area (Å²) < 4.78 is 28.7. The van der Waals surface area contributed by atoms with Gasteiger partial charge in [-0.05, 0) is 81.1 Å². The van der Waals surface area contributed by atoms with Crippen LogP contribution in [0.5, 0.6) is 0 Å². The third-order valence-electron chi connectivity index (χ3n) is 5.84. The first kappa shape index (κ1) is 23.9. The summed E-state index contributed by atoms with van der Waals surface area (Å²) in [6.45, 7) is 5.50. The van der Waals surface area contributed by atoms with E-state index in [1.54, 1.807) is 12.1 Å². The molecule has 3 aromatic rings. The van der Waals surface area contributed by atoms with Gasteiger partial charge in [-0.2, -0.15) is 0 Å². The molecule has 2 aromatic carbocycles. The lowest BCUT2D eigenvalue weighted by atomic mass is 10.0. The number of sulfone groups is 1. The summed E-state index contributed by atoms with van der Waals surface area (Å²) in [5, 5.41) is 0.441. The molecule has 0 fully saturated rings. The minimum absolute atomic E-state index is 0.0573. The van der Waals surface area contributed by atoms with Crippen LogP contribution in [0.1, 0.15) is 60.5 Å². The number of fused-ring (bicyclic) bond motifs is 2. The first-order valence-electron chi connectivity index (χ1n) is 11.1. The number of ether oxygens (including phenoxy) is 1. The number of H-pyrrole nitrogens is 1. The smallest absolute Gasteiger partial charge is 0.338 e. The van der Waals surface area contributed by atoms with Gasteiger partial charge in [-0.25, -0.2) is 18.2 Å². The SMILES string of the molecule is CN(c1ccc(C(=O)OC(C)(C)C)cc1)C1CCc2cc3nc(CS(C)(=O)=O)[nH]c(=O)c3cc21. The van der Waals surface area contributed by atoms with Crippen LogP contribution in [0.4, 0.5) is 5.69 Å². The van der Waals surface area contributed by atoms with E-state index in [1.165, 1.54) is 0 Å². The van der Waals surface area contributed by atoms with Crippen LogP contribution in [0.3, 0.4) is 0 Å². The normalized spacial score (nSPS) is 15.9. The van der Waals surface area contributed by atoms with Crippen molar-refractivity contribution in [2.24, 2.45) is 0 Å². The van der Waals surface area contributed by atoms with Crippen LogP contribution in [-0.2, 0) is 26.7 Å². The Morgan fingerprint density at radius 1 is 1.21 bits per heavy atom. The number of esters is 1. The molecule has 9 heteroatoms. The topological polar surface area (TPSA) is 109 Å². The molecule has 4 rings (SSSR count). The lowest BCUT2D eigenvalue weighted by Gasteiger charge is -2.28. The lowest BCUT2D eigenvalue weighted by molar-refractivity contribution is 0.00695. The molecule has 1 heterocycles. The van der Waals surface area contributed by atoms with Crippen molar-refractivity contribution in [2.75, 3.05) is 18.2 Å².